The molecule has 1 heterocycles. The lowest BCUT2D eigenvalue weighted by atomic mass is 10.1. The van der Waals surface area contributed by atoms with Gasteiger partial charge in [0.05, 0.1) is 0 Å². The molecule has 1 aromatic carbocycles. The fraction of sp³-hybridized carbons (Fsp3) is 0.0909. The fourth-order valence-corrected chi connectivity index (χ4v) is 2.03. The molecule has 0 atom stereocenters. The highest BCUT2D eigenvalue weighted by Crippen LogP contribution is 2.24. The molecule has 0 amide bonds. The third-order valence-electron chi connectivity index (χ3n) is 2.21. The predicted molar refractivity (Wildman–Crippen MR) is 66.2 cm³/mol. The van der Waals surface area contributed by atoms with Gasteiger partial charge in [-0.3, -0.25) is 0 Å². The Morgan fingerprint density at radius 2 is 1.61 bits per heavy atom. The summed E-state index contributed by atoms with van der Waals surface area (Å²) >= 11 is 16.9. The van der Waals surface area contributed by atoms with Crippen LogP contribution in [-0.4, -0.2) is 9.97 Å². The van der Waals surface area contributed by atoms with Gasteiger partial charge in [-0.1, -0.05) is 40.9 Å². The first-order valence-corrected chi connectivity index (χ1v) is 5.92. The number of aromatic nitrogens is 2. The molecular weight excluding hydrogens is 304 g/mol. The summed E-state index contributed by atoms with van der Waals surface area (Å²) < 4.78 is 26.7. The molecule has 0 bridgehead atoms. The maximum Gasteiger partial charge on any atom is 0.197 e. The highest BCUT2D eigenvalue weighted by atomic mass is 35.5. The molecule has 0 unspecified atom stereocenters. The molecule has 2 rings (SSSR count). The molecule has 7 heteroatoms. The van der Waals surface area contributed by atoms with Crippen molar-refractivity contribution in [2.75, 3.05) is 0 Å². The molecule has 2 nitrogen and oxygen atoms in total. The Bertz CT molecular complexity index is 562. The summed E-state index contributed by atoms with van der Waals surface area (Å²) in [4.78, 5) is 7.36. The Balaban J connectivity index is 2.41. The van der Waals surface area contributed by atoms with Crippen molar-refractivity contribution in [2.24, 2.45) is 0 Å². The topological polar surface area (TPSA) is 25.8 Å². The molecule has 2 aromatic rings. The lowest BCUT2D eigenvalue weighted by molar-refractivity contribution is 0.603. The van der Waals surface area contributed by atoms with E-state index in [9.17, 15) is 8.78 Å². The van der Waals surface area contributed by atoms with Crippen LogP contribution in [0.4, 0.5) is 8.78 Å². The summed E-state index contributed by atoms with van der Waals surface area (Å²) in [6, 6.07) is 4.27. The van der Waals surface area contributed by atoms with Crippen LogP contribution in [0.5, 0.6) is 0 Å². The van der Waals surface area contributed by atoms with E-state index in [1.54, 1.807) is 0 Å². The van der Waals surface area contributed by atoms with Crippen molar-refractivity contribution in [1.29, 1.82) is 0 Å². The van der Waals surface area contributed by atoms with E-state index in [1.165, 1.54) is 18.2 Å². The van der Waals surface area contributed by atoms with E-state index in [2.05, 4.69) is 9.97 Å². The number of nitrogens with zero attached hydrogens (tertiary/aromatic N) is 2. The average molecular weight is 310 g/mol. The molecule has 0 aliphatic heterocycles. The molecule has 94 valence electrons. The number of rotatable bonds is 2. The van der Waals surface area contributed by atoms with Crippen LogP contribution >= 0.6 is 34.8 Å². The van der Waals surface area contributed by atoms with Crippen LogP contribution in [0, 0.1) is 11.6 Å². The fourth-order valence-electron chi connectivity index (χ4n) is 1.37. The van der Waals surface area contributed by atoms with Gasteiger partial charge in [0.15, 0.2) is 16.1 Å². The van der Waals surface area contributed by atoms with Crippen molar-refractivity contribution in [3.05, 3.63) is 56.6 Å². The van der Waals surface area contributed by atoms with Crippen LogP contribution in [0.2, 0.25) is 15.3 Å². The molecule has 0 fully saturated rings. The summed E-state index contributed by atoms with van der Waals surface area (Å²) in [5.41, 5.74) is 0.206. The van der Waals surface area contributed by atoms with E-state index in [0.717, 1.165) is 0 Å². The average Bonchev–Trinajstić information content (AvgIpc) is 2.31. The maximum atomic E-state index is 13.5. The third kappa shape index (κ3) is 2.71. The Morgan fingerprint density at radius 3 is 2.17 bits per heavy atom. The molecule has 0 spiro atoms. The molecule has 0 saturated carbocycles. The van der Waals surface area contributed by atoms with Crippen LogP contribution in [0.15, 0.2) is 18.2 Å². The minimum atomic E-state index is -0.901. The van der Waals surface area contributed by atoms with Crippen molar-refractivity contribution in [3.63, 3.8) is 0 Å². The van der Waals surface area contributed by atoms with Gasteiger partial charge in [-0.2, -0.15) is 0 Å². The lowest BCUT2D eigenvalue weighted by Crippen LogP contribution is -2.02. The monoisotopic (exact) mass is 308 g/mol. The highest BCUT2D eigenvalue weighted by Gasteiger charge is 2.14. The van der Waals surface area contributed by atoms with Crippen LogP contribution in [0.1, 0.15) is 11.4 Å². The van der Waals surface area contributed by atoms with Crippen LogP contribution in [0.3, 0.4) is 0 Å². The van der Waals surface area contributed by atoms with E-state index in [1.807, 2.05) is 0 Å². The first-order valence-electron chi connectivity index (χ1n) is 4.79. The Kier molecular flexibility index (Phi) is 4.00. The molecule has 0 radical (unpaired) electrons. The van der Waals surface area contributed by atoms with Crippen molar-refractivity contribution in [3.8, 4) is 0 Å². The van der Waals surface area contributed by atoms with Crippen LogP contribution < -0.4 is 0 Å². The number of halogens is 5. The number of benzene rings is 1. The quantitative estimate of drug-likeness (QED) is 0.773. The zero-order valence-corrected chi connectivity index (χ0v) is 11.0. The van der Waals surface area contributed by atoms with Crippen molar-refractivity contribution < 1.29 is 8.78 Å². The molecule has 0 aliphatic carbocycles. The Labute approximate surface area is 117 Å². The standard InChI is InChI=1S/C11H5Cl3F2N2/c12-6-2-1-3-7(15)5(6)4-8-17-10(13)9(16)11(14)18-8/h1-3H,4H2. The zero-order chi connectivity index (χ0) is 13.3. The third-order valence-corrected chi connectivity index (χ3v) is 3.07. The second-order valence-corrected chi connectivity index (χ2v) is 4.54. The molecular formula is C11H5Cl3F2N2. The second-order valence-electron chi connectivity index (χ2n) is 3.41. The SMILES string of the molecule is Fc1cccc(Cl)c1Cc1nc(Cl)c(F)c(Cl)n1. The minimum absolute atomic E-state index is 0.0226. The number of hydrogen-bond acceptors (Lipinski definition) is 2. The second kappa shape index (κ2) is 5.34. The molecule has 18 heavy (non-hydrogen) atoms. The van der Waals surface area contributed by atoms with Crippen molar-refractivity contribution in [1.82, 2.24) is 9.97 Å². The summed E-state index contributed by atoms with van der Waals surface area (Å²) in [6.45, 7) is 0. The minimum Gasteiger partial charge on any atom is -0.218 e. The van der Waals surface area contributed by atoms with Gasteiger partial charge in [-0.15, -0.1) is 0 Å². The van der Waals surface area contributed by atoms with E-state index < -0.39 is 21.9 Å². The van der Waals surface area contributed by atoms with Gasteiger partial charge in [0.25, 0.3) is 0 Å². The van der Waals surface area contributed by atoms with Gasteiger partial charge in [-0.05, 0) is 12.1 Å². The molecule has 0 N–H and O–H groups in total. The smallest absolute Gasteiger partial charge is 0.197 e. The maximum absolute atomic E-state index is 13.5. The summed E-state index contributed by atoms with van der Waals surface area (Å²) in [5.74, 6) is -1.30. The van der Waals surface area contributed by atoms with E-state index in [-0.39, 0.29) is 22.8 Å². The summed E-state index contributed by atoms with van der Waals surface area (Å²) in [5, 5.41) is -0.579. The molecule has 0 aliphatic rings. The number of hydrogen-bond donors (Lipinski definition) is 0. The summed E-state index contributed by atoms with van der Waals surface area (Å²) in [7, 11) is 0. The van der Waals surface area contributed by atoms with Crippen molar-refractivity contribution in [2.45, 2.75) is 6.42 Å². The summed E-state index contributed by atoms with van der Waals surface area (Å²) in [6.07, 6.45) is -0.0226. The van der Waals surface area contributed by atoms with Gasteiger partial charge < -0.3 is 0 Å². The van der Waals surface area contributed by atoms with E-state index >= 15 is 0 Å². The largest absolute Gasteiger partial charge is 0.218 e. The van der Waals surface area contributed by atoms with Gasteiger partial charge in [-0.25, -0.2) is 18.7 Å². The first-order chi connectivity index (χ1) is 8.49. The predicted octanol–water partition coefficient (Wildman–Crippen LogP) is 4.31. The Hall–Kier alpha value is -0.970. The van der Waals surface area contributed by atoms with Crippen molar-refractivity contribution >= 4 is 34.8 Å². The van der Waals surface area contributed by atoms with Crippen LogP contribution in [0.25, 0.3) is 0 Å². The Morgan fingerprint density at radius 1 is 1.00 bits per heavy atom. The van der Waals surface area contributed by atoms with E-state index in [4.69, 9.17) is 34.8 Å². The van der Waals surface area contributed by atoms with Gasteiger partial charge in [0.2, 0.25) is 0 Å². The van der Waals surface area contributed by atoms with Crippen LogP contribution in [-0.2, 0) is 6.42 Å². The first kappa shape index (κ1) is 13.5. The molecule has 0 saturated heterocycles. The normalized spacial score (nSPS) is 10.7. The van der Waals surface area contributed by atoms with Gasteiger partial charge >= 0.3 is 0 Å². The van der Waals surface area contributed by atoms with E-state index in [0.29, 0.717) is 0 Å². The van der Waals surface area contributed by atoms with Gasteiger partial charge in [0, 0.05) is 17.0 Å². The van der Waals surface area contributed by atoms with Gasteiger partial charge in [0.1, 0.15) is 11.6 Å². The highest BCUT2D eigenvalue weighted by molar-refractivity contribution is 6.33. The molecule has 1 aromatic heterocycles. The lowest BCUT2D eigenvalue weighted by Gasteiger charge is -2.06. The zero-order valence-electron chi connectivity index (χ0n) is 8.72.